The Labute approximate surface area is 131 Å². The van der Waals surface area contributed by atoms with E-state index in [1.807, 2.05) is 0 Å². The molecule has 2 rings (SSSR count). The lowest BCUT2D eigenvalue weighted by molar-refractivity contribution is -0.384. The van der Waals surface area contributed by atoms with Crippen molar-refractivity contribution in [2.45, 2.75) is 13.0 Å². The van der Waals surface area contributed by atoms with Gasteiger partial charge in [0.25, 0.3) is 11.6 Å². The van der Waals surface area contributed by atoms with Crippen molar-refractivity contribution in [3.8, 4) is 0 Å². The number of rotatable bonds is 4. The third kappa shape index (κ3) is 3.60. The Hall–Kier alpha value is -2.44. The molecule has 0 spiro atoms. The van der Waals surface area contributed by atoms with Gasteiger partial charge in [-0.2, -0.15) is 0 Å². The van der Waals surface area contributed by atoms with Gasteiger partial charge in [0.1, 0.15) is 0 Å². The van der Waals surface area contributed by atoms with E-state index in [0.29, 0.717) is 11.3 Å². The van der Waals surface area contributed by atoms with Crippen molar-refractivity contribution in [1.82, 2.24) is 0 Å². The van der Waals surface area contributed by atoms with Gasteiger partial charge in [-0.1, -0.05) is 23.7 Å². The summed E-state index contributed by atoms with van der Waals surface area (Å²) in [7, 11) is 0. The number of carbonyl (C=O) groups is 1. The second-order valence-electron chi connectivity index (χ2n) is 4.68. The molecular formula is C15H13ClN2O4. The summed E-state index contributed by atoms with van der Waals surface area (Å²) in [5.74, 6) is -0.559. The number of benzene rings is 2. The minimum absolute atomic E-state index is 0.0123. The topological polar surface area (TPSA) is 92.5 Å². The number of aliphatic hydroxyl groups excluding tert-OH is 1. The highest BCUT2D eigenvalue weighted by Gasteiger charge is 2.16. The average Bonchev–Trinajstić information content (AvgIpc) is 2.47. The van der Waals surface area contributed by atoms with Crippen molar-refractivity contribution in [3.05, 3.63) is 68.7 Å². The number of carbonyl (C=O) groups excluding carboxylic acids is 1. The molecule has 22 heavy (non-hydrogen) atoms. The fourth-order valence-corrected chi connectivity index (χ4v) is 2.08. The summed E-state index contributed by atoms with van der Waals surface area (Å²) >= 11 is 5.92. The maximum atomic E-state index is 12.2. The van der Waals surface area contributed by atoms with Crippen LogP contribution in [0, 0.1) is 10.1 Å². The molecule has 114 valence electrons. The monoisotopic (exact) mass is 320 g/mol. The van der Waals surface area contributed by atoms with Gasteiger partial charge in [-0.3, -0.25) is 14.9 Å². The van der Waals surface area contributed by atoms with Crippen LogP contribution < -0.4 is 5.32 Å². The van der Waals surface area contributed by atoms with E-state index in [1.54, 1.807) is 31.2 Å². The highest BCUT2D eigenvalue weighted by atomic mass is 35.5. The zero-order valence-corrected chi connectivity index (χ0v) is 12.4. The molecule has 2 aromatic carbocycles. The molecule has 1 amide bonds. The molecule has 0 heterocycles. The lowest BCUT2D eigenvalue weighted by atomic mass is 10.1. The summed E-state index contributed by atoms with van der Waals surface area (Å²) in [5, 5.41) is 23.0. The first kappa shape index (κ1) is 15.9. The Kier molecular flexibility index (Phi) is 4.75. The molecule has 7 heteroatoms. The number of halogens is 1. The molecule has 1 unspecified atom stereocenters. The van der Waals surface area contributed by atoms with E-state index in [9.17, 15) is 20.0 Å². The van der Waals surface area contributed by atoms with E-state index in [4.69, 9.17) is 11.6 Å². The van der Waals surface area contributed by atoms with Crippen LogP contribution in [0.5, 0.6) is 0 Å². The number of nitro groups is 1. The third-order valence-corrected chi connectivity index (χ3v) is 3.36. The highest BCUT2D eigenvalue weighted by molar-refractivity contribution is 6.34. The maximum absolute atomic E-state index is 12.2. The summed E-state index contributed by atoms with van der Waals surface area (Å²) in [6, 6.07) is 10.3. The number of anilines is 1. The summed E-state index contributed by atoms with van der Waals surface area (Å²) in [4.78, 5) is 22.4. The molecule has 1 atom stereocenters. The predicted molar refractivity (Wildman–Crippen MR) is 83.1 cm³/mol. The molecule has 0 aliphatic carbocycles. The zero-order valence-electron chi connectivity index (χ0n) is 11.6. The van der Waals surface area contributed by atoms with Crippen LogP contribution in [0.4, 0.5) is 11.4 Å². The van der Waals surface area contributed by atoms with Gasteiger partial charge >= 0.3 is 0 Å². The van der Waals surface area contributed by atoms with E-state index < -0.39 is 16.9 Å². The number of nitrogens with one attached hydrogen (secondary N) is 1. The van der Waals surface area contributed by atoms with E-state index >= 15 is 0 Å². The standard InChI is InChI=1S/C15H13ClN2O4/c1-9(19)10-3-2-4-11(7-10)17-15(20)13-8-12(18(21)22)5-6-14(13)16/h2-9,19H,1H3,(H,17,20). The van der Waals surface area contributed by atoms with E-state index in [-0.39, 0.29) is 16.3 Å². The van der Waals surface area contributed by atoms with Crippen LogP contribution in [0.3, 0.4) is 0 Å². The van der Waals surface area contributed by atoms with Crippen molar-refractivity contribution < 1.29 is 14.8 Å². The number of non-ortho nitro benzene ring substituents is 1. The SMILES string of the molecule is CC(O)c1cccc(NC(=O)c2cc([N+](=O)[O-])ccc2Cl)c1. The van der Waals surface area contributed by atoms with Gasteiger partial charge in [0.2, 0.25) is 0 Å². The van der Waals surface area contributed by atoms with Gasteiger partial charge in [-0.15, -0.1) is 0 Å². The van der Waals surface area contributed by atoms with Gasteiger partial charge in [0.05, 0.1) is 21.6 Å². The van der Waals surface area contributed by atoms with Crippen LogP contribution in [-0.4, -0.2) is 15.9 Å². The van der Waals surface area contributed by atoms with Crippen molar-refractivity contribution in [3.63, 3.8) is 0 Å². The molecule has 6 nitrogen and oxygen atoms in total. The molecule has 2 N–H and O–H groups in total. The Morgan fingerprint density at radius 1 is 1.32 bits per heavy atom. The zero-order chi connectivity index (χ0) is 16.3. The van der Waals surface area contributed by atoms with Crippen molar-refractivity contribution >= 4 is 28.9 Å². The fourth-order valence-electron chi connectivity index (χ4n) is 1.88. The van der Waals surface area contributed by atoms with Crippen LogP contribution in [0.2, 0.25) is 5.02 Å². The number of hydrogen-bond acceptors (Lipinski definition) is 4. The quantitative estimate of drug-likeness (QED) is 0.665. The first-order valence-electron chi connectivity index (χ1n) is 6.42. The van der Waals surface area contributed by atoms with Gasteiger partial charge in [0, 0.05) is 17.8 Å². The lowest BCUT2D eigenvalue weighted by Crippen LogP contribution is -2.13. The molecule has 0 saturated heterocycles. The largest absolute Gasteiger partial charge is 0.389 e. The van der Waals surface area contributed by atoms with E-state index in [1.165, 1.54) is 12.1 Å². The first-order valence-corrected chi connectivity index (χ1v) is 6.79. The van der Waals surface area contributed by atoms with Crippen LogP contribution in [0.15, 0.2) is 42.5 Å². The molecule has 0 radical (unpaired) electrons. The van der Waals surface area contributed by atoms with Crippen LogP contribution in [0.1, 0.15) is 28.9 Å². The molecule has 0 aliphatic heterocycles. The van der Waals surface area contributed by atoms with Crippen LogP contribution >= 0.6 is 11.6 Å². The Morgan fingerprint density at radius 2 is 2.05 bits per heavy atom. The Balaban J connectivity index is 2.27. The van der Waals surface area contributed by atoms with Gasteiger partial charge < -0.3 is 10.4 Å². The Bertz CT molecular complexity index is 731. The first-order chi connectivity index (χ1) is 10.4. The summed E-state index contributed by atoms with van der Waals surface area (Å²) < 4.78 is 0. The normalized spacial score (nSPS) is 11.8. The fraction of sp³-hybridized carbons (Fsp3) is 0.133. The summed E-state index contributed by atoms with van der Waals surface area (Å²) in [6.45, 7) is 1.61. The number of amides is 1. The maximum Gasteiger partial charge on any atom is 0.270 e. The van der Waals surface area contributed by atoms with Gasteiger partial charge in [0.15, 0.2) is 0 Å². The minimum atomic E-state index is -0.668. The van der Waals surface area contributed by atoms with Gasteiger partial charge in [-0.25, -0.2) is 0 Å². The minimum Gasteiger partial charge on any atom is -0.389 e. The van der Waals surface area contributed by atoms with Crippen LogP contribution in [-0.2, 0) is 0 Å². The molecule has 0 fully saturated rings. The molecule has 0 bridgehead atoms. The third-order valence-electron chi connectivity index (χ3n) is 3.03. The van der Waals surface area contributed by atoms with Crippen molar-refractivity contribution in [2.75, 3.05) is 5.32 Å². The predicted octanol–water partition coefficient (Wildman–Crippen LogP) is 3.55. The van der Waals surface area contributed by atoms with E-state index in [0.717, 1.165) is 6.07 Å². The summed E-state index contributed by atoms with van der Waals surface area (Å²) in [6.07, 6.45) is -0.668. The smallest absolute Gasteiger partial charge is 0.270 e. The van der Waals surface area contributed by atoms with Gasteiger partial charge in [-0.05, 0) is 30.7 Å². The molecule has 2 aromatic rings. The number of hydrogen-bond donors (Lipinski definition) is 2. The molecular weight excluding hydrogens is 308 g/mol. The Morgan fingerprint density at radius 3 is 2.68 bits per heavy atom. The lowest BCUT2D eigenvalue weighted by Gasteiger charge is -2.10. The molecule has 0 saturated carbocycles. The highest BCUT2D eigenvalue weighted by Crippen LogP contribution is 2.24. The second-order valence-corrected chi connectivity index (χ2v) is 5.08. The van der Waals surface area contributed by atoms with E-state index in [2.05, 4.69) is 5.32 Å². The number of nitro benzene ring substituents is 1. The average molecular weight is 321 g/mol. The summed E-state index contributed by atoms with van der Waals surface area (Å²) in [5.41, 5.74) is 0.902. The number of aliphatic hydroxyl groups is 1. The van der Waals surface area contributed by atoms with Crippen molar-refractivity contribution in [1.29, 1.82) is 0 Å². The molecule has 0 aliphatic rings. The van der Waals surface area contributed by atoms with Crippen LogP contribution in [0.25, 0.3) is 0 Å². The molecule has 0 aromatic heterocycles. The number of nitrogens with zero attached hydrogens (tertiary/aromatic N) is 1. The van der Waals surface area contributed by atoms with Crippen molar-refractivity contribution in [2.24, 2.45) is 0 Å². The second kappa shape index (κ2) is 6.55.